The van der Waals surface area contributed by atoms with Crippen LogP contribution in [0.5, 0.6) is 5.75 Å². The van der Waals surface area contributed by atoms with E-state index in [0.717, 1.165) is 16.7 Å². The lowest BCUT2D eigenvalue weighted by atomic mass is 10.1. The van der Waals surface area contributed by atoms with Crippen molar-refractivity contribution in [3.8, 4) is 17.2 Å². The zero-order chi connectivity index (χ0) is 19.5. The molecule has 0 bridgehead atoms. The van der Waals surface area contributed by atoms with Crippen LogP contribution in [0.1, 0.15) is 11.1 Å². The number of fused-ring (bicyclic) bond motifs is 1. The first-order valence-corrected chi connectivity index (χ1v) is 8.91. The molecular weight excluding hydrogens is 354 g/mol. The summed E-state index contributed by atoms with van der Waals surface area (Å²) in [5.41, 5.74) is 4.66. The molecule has 0 radical (unpaired) electrons. The number of carbonyl (C=O) groups excluding carboxylic acids is 1. The molecule has 0 unspecified atom stereocenters. The number of hydrogen-bond donors (Lipinski definition) is 1. The van der Waals surface area contributed by atoms with Crippen LogP contribution in [0.3, 0.4) is 0 Å². The lowest BCUT2D eigenvalue weighted by Gasteiger charge is -2.11. The topological polar surface area (TPSA) is 77.2 Å². The number of carbonyl (C=O) groups is 1. The molecule has 0 aliphatic heterocycles. The number of rotatable bonds is 5. The van der Waals surface area contributed by atoms with E-state index in [0.29, 0.717) is 28.6 Å². The summed E-state index contributed by atoms with van der Waals surface area (Å²) in [4.78, 5) is 20.9. The van der Waals surface area contributed by atoms with Crippen LogP contribution in [0.15, 0.2) is 65.2 Å². The fraction of sp³-hybridized carbons (Fsp3) is 0.136. The summed E-state index contributed by atoms with van der Waals surface area (Å²) in [6, 6.07) is 16.8. The number of benzene rings is 2. The second-order valence-corrected chi connectivity index (χ2v) is 6.47. The van der Waals surface area contributed by atoms with Gasteiger partial charge in [0.15, 0.2) is 17.8 Å². The first kappa shape index (κ1) is 17.7. The van der Waals surface area contributed by atoms with E-state index in [1.807, 2.05) is 62.4 Å². The predicted molar refractivity (Wildman–Crippen MR) is 107 cm³/mol. The lowest BCUT2D eigenvalue weighted by molar-refractivity contribution is -0.118. The molecule has 4 aromatic rings. The van der Waals surface area contributed by atoms with Crippen LogP contribution in [0, 0.1) is 13.8 Å². The third kappa shape index (κ3) is 3.71. The summed E-state index contributed by atoms with van der Waals surface area (Å²) < 4.78 is 11.3. The van der Waals surface area contributed by atoms with E-state index in [1.165, 1.54) is 0 Å². The summed E-state index contributed by atoms with van der Waals surface area (Å²) in [5.74, 6) is 0.892. The molecule has 28 heavy (non-hydrogen) atoms. The van der Waals surface area contributed by atoms with Crippen LogP contribution in [0.2, 0.25) is 0 Å². The Morgan fingerprint density at radius 1 is 1.07 bits per heavy atom. The third-order valence-corrected chi connectivity index (χ3v) is 4.39. The van der Waals surface area contributed by atoms with Gasteiger partial charge >= 0.3 is 0 Å². The number of hydrogen-bond acceptors (Lipinski definition) is 5. The largest absolute Gasteiger partial charge is 0.484 e. The summed E-state index contributed by atoms with van der Waals surface area (Å²) >= 11 is 0. The van der Waals surface area contributed by atoms with Crippen molar-refractivity contribution in [2.75, 3.05) is 11.9 Å². The van der Waals surface area contributed by atoms with Crippen LogP contribution in [-0.4, -0.2) is 22.5 Å². The molecule has 0 atom stereocenters. The highest BCUT2D eigenvalue weighted by atomic mass is 16.5. The van der Waals surface area contributed by atoms with Gasteiger partial charge in [-0.05, 0) is 55.8 Å². The zero-order valence-corrected chi connectivity index (χ0v) is 15.6. The first-order chi connectivity index (χ1) is 13.6. The molecule has 0 aliphatic rings. The minimum absolute atomic E-state index is 0.0699. The van der Waals surface area contributed by atoms with Crippen molar-refractivity contribution in [2.24, 2.45) is 0 Å². The SMILES string of the molecule is Cc1ccc(OCC(=O)Nc2cccc(-c3nc4ncccc4o3)c2C)cc1. The van der Waals surface area contributed by atoms with Crippen LogP contribution in [-0.2, 0) is 4.79 Å². The number of ether oxygens (including phenoxy) is 1. The fourth-order valence-electron chi connectivity index (χ4n) is 2.86. The number of amides is 1. The number of nitrogens with zero attached hydrogens (tertiary/aromatic N) is 2. The molecule has 140 valence electrons. The molecule has 1 amide bonds. The molecule has 0 spiro atoms. The predicted octanol–water partition coefficient (Wildman–Crippen LogP) is 4.52. The highest BCUT2D eigenvalue weighted by Crippen LogP contribution is 2.30. The van der Waals surface area contributed by atoms with Gasteiger partial charge in [0.25, 0.3) is 5.91 Å². The second-order valence-electron chi connectivity index (χ2n) is 6.47. The quantitative estimate of drug-likeness (QED) is 0.556. The Hall–Kier alpha value is -3.67. The molecule has 4 rings (SSSR count). The van der Waals surface area contributed by atoms with Crippen LogP contribution in [0.25, 0.3) is 22.7 Å². The molecule has 6 heteroatoms. The van der Waals surface area contributed by atoms with E-state index in [2.05, 4.69) is 15.3 Å². The Bertz CT molecular complexity index is 1100. The highest BCUT2D eigenvalue weighted by Gasteiger charge is 2.14. The molecule has 1 N–H and O–H groups in total. The Morgan fingerprint density at radius 3 is 2.68 bits per heavy atom. The highest BCUT2D eigenvalue weighted by molar-refractivity contribution is 5.93. The maximum atomic E-state index is 12.3. The molecule has 6 nitrogen and oxygen atoms in total. The van der Waals surface area contributed by atoms with E-state index < -0.39 is 0 Å². The molecule has 0 fully saturated rings. The third-order valence-electron chi connectivity index (χ3n) is 4.39. The van der Waals surface area contributed by atoms with Gasteiger partial charge in [0.1, 0.15) is 5.75 Å². The van der Waals surface area contributed by atoms with Crippen molar-refractivity contribution < 1.29 is 13.9 Å². The zero-order valence-electron chi connectivity index (χ0n) is 15.6. The maximum Gasteiger partial charge on any atom is 0.262 e. The van der Waals surface area contributed by atoms with Gasteiger partial charge in [-0.1, -0.05) is 23.8 Å². The van der Waals surface area contributed by atoms with E-state index in [4.69, 9.17) is 9.15 Å². The van der Waals surface area contributed by atoms with E-state index in [-0.39, 0.29) is 12.5 Å². The van der Waals surface area contributed by atoms with Gasteiger partial charge in [0.2, 0.25) is 5.89 Å². The lowest BCUT2D eigenvalue weighted by Crippen LogP contribution is -2.20. The van der Waals surface area contributed by atoms with Crippen LogP contribution in [0.4, 0.5) is 5.69 Å². The number of aryl methyl sites for hydroxylation is 1. The molecule has 2 heterocycles. The van der Waals surface area contributed by atoms with E-state index in [1.54, 1.807) is 12.3 Å². The monoisotopic (exact) mass is 373 g/mol. The van der Waals surface area contributed by atoms with Crippen molar-refractivity contribution in [1.29, 1.82) is 0 Å². The van der Waals surface area contributed by atoms with E-state index in [9.17, 15) is 4.79 Å². The summed E-state index contributed by atoms with van der Waals surface area (Å²) in [6.07, 6.45) is 1.67. The van der Waals surface area contributed by atoms with Crippen molar-refractivity contribution >= 4 is 22.8 Å². The van der Waals surface area contributed by atoms with E-state index >= 15 is 0 Å². The van der Waals surface area contributed by atoms with Gasteiger partial charge in [0, 0.05) is 17.4 Å². The standard InChI is InChI=1S/C22H19N3O3/c1-14-8-10-16(11-9-14)27-13-20(26)24-18-6-3-5-17(15(18)2)22-25-21-19(28-22)7-4-12-23-21/h3-12H,13H2,1-2H3,(H,24,26). The van der Waals surface area contributed by atoms with Gasteiger partial charge in [-0.2, -0.15) is 4.98 Å². The number of oxazole rings is 1. The summed E-state index contributed by atoms with van der Waals surface area (Å²) in [7, 11) is 0. The molecule has 0 saturated carbocycles. The van der Waals surface area contributed by atoms with Gasteiger partial charge in [-0.15, -0.1) is 0 Å². The average Bonchev–Trinajstić information content (AvgIpc) is 3.13. The van der Waals surface area contributed by atoms with Gasteiger partial charge in [-0.3, -0.25) is 4.79 Å². The van der Waals surface area contributed by atoms with Crippen molar-refractivity contribution in [1.82, 2.24) is 9.97 Å². The number of pyridine rings is 1. The Balaban J connectivity index is 1.50. The summed E-state index contributed by atoms with van der Waals surface area (Å²) in [5, 5.41) is 2.89. The normalized spacial score (nSPS) is 10.8. The van der Waals surface area contributed by atoms with Gasteiger partial charge in [-0.25, -0.2) is 4.98 Å². The van der Waals surface area contributed by atoms with Gasteiger partial charge < -0.3 is 14.5 Å². The smallest absolute Gasteiger partial charge is 0.262 e. The van der Waals surface area contributed by atoms with Crippen molar-refractivity contribution in [3.63, 3.8) is 0 Å². The van der Waals surface area contributed by atoms with Crippen LogP contribution < -0.4 is 10.1 Å². The minimum Gasteiger partial charge on any atom is -0.484 e. The number of nitrogens with one attached hydrogen (secondary N) is 1. The van der Waals surface area contributed by atoms with Gasteiger partial charge in [0.05, 0.1) is 0 Å². The van der Waals surface area contributed by atoms with Crippen molar-refractivity contribution in [2.45, 2.75) is 13.8 Å². The fourth-order valence-corrected chi connectivity index (χ4v) is 2.86. The Kier molecular flexibility index (Phi) is 4.76. The molecule has 2 aromatic carbocycles. The minimum atomic E-state index is -0.236. The molecule has 2 aromatic heterocycles. The first-order valence-electron chi connectivity index (χ1n) is 8.91. The van der Waals surface area contributed by atoms with Crippen molar-refractivity contribution in [3.05, 3.63) is 71.9 Å². The average molecular weight is 373 g/mol. The Labute approximate surface area is 162 Å². The molecular formula is C22H19N3O3. The summed E-state index contributed by atoms with van der Waals surface area (Å²) in [6.45, 7) is 3.84. The molecule has 0 aliphatic carbocycles. The molecule has 0 saturated heterocycles. The van der Waals surface area contributed by atoms with Crippen LogP contribution >= 0.6 is 0 Å². The Morgan fingerprint density at radius 2 is 1.89 bits per heavy atom. The number of anilines is 1. The second kappa shape index (κ2) is 7.52. The maximum absolute atomic E-state index is 12.3. The number of aromatic nitrogens is 2.